The molecule has 2 heterocycles. The van der Waals surface area contributed by atoms with Crippen molar-refractivity contribution < 1.29 is 5.11 Å². The number of hydrogen-bond acceptors (Lipinski definition) is 4. The van der Waals surface area contributed by atoms with E-state index in [2.05, 4.69) is 55.0 Å². The molecule has 1 saturated heterocycles. The summed E-state index contributed by atoms with van der Waals surface area (Å²) in [6.07, 6.45) is 1.79. The van der Waals surface area contributed by atoms with Crippen molar-refractivity contribution in [2.24, 2.45) is 0 Å². The van der Waals surface area contributed by atoms with E-state index >= 15 is 0 Å². The number of nitrogens with zero attached hydrogens (tertiary/aromatic N) is 3. The molecule has 0 amide bonds. The Hall–Kier alpha value is -1.59. The number of aromatic nitrogens is 1. The van der Waals surface area contributed by atoms with E-state index in [-0.39, 0.29) is 6.61 Å². The van der Waals surface area contributed by atoms with Crippen molar-refractivity contribution in [3.8, 4) is 0 Å². The number of pyridine rings is 1. The smallest absolute Gasteiger partial charge is 0.134 e. The van der Waals surface area contributed by atoms with Gasteiger partial charge in [-0.2, -0.15) is 0 Å². The lowest BCUT2D eigenvalue weighted by molar-refractivity contribution is 0.281. The molecule has 1 aliphatic rings. The number of rotatable bonds is 3. The molecule has 0 radical (unpaired) electrons. The van der Waals surface area contributed by atoms with Crippen LogP contribution in [0.5, 0.6) is 0 Å². The standard InChI is InChI=1S/C16H18BrN3O/c17-14-10-13(12-21)16(18-11-14)20-8-6-19(7-9-20)15-4-2-1-3-5-15/h1-5,10-11,21H,6-9,12H2. The van der Waals surface area contributed by atoms with Gasteiger partial charge in [0.25, 0.3) is 0 Å². The Morgan fingerprint density at radius 1 is 1.05 bits per heavy atom. The SMILES string of the molecule is OCc1cc(Br)cnc1N1CCN(c2ccccc2)CC1. The van der Waals surface area contributed by atoms with Gasteiger partial charge in [-0.1, -0.05) is 18.2 Å². The molecule has 2 aromatic rings. The van der Waals surface area contributed by atoms with Crippen LogP contribution < -0.4 is 9.80 Å². The molecule has 0 saturated carbocycles. The number of halogens is 1. The van der Waals surface area contributed by atoms with E-state index in [1.807, 2.05) is 12.1 Å². The molecule has 1 aromatic heterocycles. The third-order valence-electron chi connectivity index (χ3n) is 3.78. The highest BCUT2D eigenvalue weighted by Gasteiger charge is 2.20. The maximum absolute atomic E-state index is 9.51. The molecule has 5 heteroatoms. The van der Waals surface area contributed by atoms with Gasteiger partial charge in [0.2, 0.25) is 0 Å². The first-order valence-electron chi connectivity index (χ1n) is 7.08. The summed E-state index contributed by atoms with van der Waals surface area (Å²) >= 11 is 3.40. The molecule has 21 heavy (non-hydrogen) atoms. The molecule has 0 aliphatic carbocycles. The van der Waals surface area contributed by atoms with Crippen molar-refractivity contribution in [1.29, 1.82) is 0 Å². The summed E-state index contributed by atoms with van der Waals surface area (Å²) in [6, 6.07) is 12.4. The van der Waals surface area contributed by atoms with Gasteiger partial charge in [0, 0.05) is 48.1 Å². The lowest BCUT2D eigenvalue weighted by Gasteiger charge is -2.37. The van der Waals surface area contributed by atoms with Gasteiger partial charge in [-0.15, -0.1) is 0 Å². The zero-order valence-electron chi connectivity index (χ0n) is 11.7. The van der Waals surface area contributed by atoms with Gasteiger partial charge in [-0.05, 0) is 34.1 Å². The van der Waals surface area contributed by atoms with Gasteiger partial charge in [0.1, 0.15) is 5.82 Å². The van der Waals surface area contributed by atoms with Crippen LogP contribution in [0.4, 0.5) is 11.5 Å². The Kier molecular flexibility index (Phi) is 4.41. The molecule has 0 bridgehead atoms. The molecule has 110 valence electrons. The lowest BCUT2D eigenvalue weighted by Crippen LogP contribution is -2.47. The predicted molar refractivity (Wildman–Crippen MR) is 88.7 cm³/mol. The van der Waals surface area contributed by atoms with Crippen molar-refractivity contribution in [2.45, 2.75) is 6.61 Å². The molecular weight excluding hydrogens is 330 g/mol. The summed E-state index contributed by atoms with van der Waals surface area (Å²) in [4.78, 5) is 9.10. The highest BCUT2D eigenvalue weighted by atomic mass is 79.9. The molecule has 1 N–H and O–H groups in total. The second kappa shape index (κ2) is 6.45. The minimum atomic E-state index is 0.0146. The van der Waals surface area contributed by atoms with Crippen molar-refractivity contribution in [3.63, 3.8) is 0 Å². The molecule has 1 fully saturated rings. The minimum Gasteiger partial charge on any atom is -0.392 e. The van der Waals surface area contributed by atoms with Crippen molar-refractivity contribution >= 4 is 27.4 Å². The van der Waals surface area contributed by atoms with E-state index in [4.69, 9.17) is 0 Å². The Balaban J connectivity index is 1.71. The van der Waals surface area contributed by atoms with Crippen LogP contribution >= 0.6 is 15.9 Å². The normalized spacial score (nSPS) is 15.3. The number of hydrogen-bond donors (Lipinski definition) is 1. The molecule has 0 atom stereocenters. The van der Waals surface area contributed by atoms with E-state index in [9.17, 15) is 5.11 Å². The summed E-state index contributed by atoms with van der Waals surface area (Å²) < 4.78 is 0.901. The first kappa shape index (κ1) is 14.4. The van der Waals surface area contributed by atoms with Crippen LogP contribution in [0.2, 0.25) is 0 Å². The van der Waals surface area contributed by atoms with Crippen LogP contribution in [0, 0.1) is 0 Å². The second-order valence-corrected chi connectivity index (χ2v) is 6.02. The average molecular weight is 348 g/mol. The highest BCUT2D eigenvalue weighted by molar-refractivity contribution is 9.10. The fraction of sp³-hybridized carbons (Fsp3) is 0.312. The van der Waals surface area contributed by atoms with E-state index in [1.54, 1.807) is 6.20 Å². The predicted octanol–water partition coefficient (Wildman–Crippen LogP) is 2.66. The molecular formula is C16H18BrN3O. The van der Waals surface area contributed by atoms with Crippen LogP contribution in [0.15, 0.2) is 47.1 Å². The number of para-hydroxylation sites is 1. The maximum Gasteiger partial charge on any atom is 0.134 e. The average Bonchev–Trinajstić information content (AvgIpc) is 2.56. The quantitative estimate of drug-likeness (QED) is 0.926. The van der Waals surface area contributed by atoms with Crippen molar-refractivity contribution in [3.05, 3.63) is 52.6 Å². The minimum absolute atomic E-state index is 0.0146. The number of aliphatic hydroxyl groups is 1. The molecule has 0 unspecified atom stereocenters. The van der Waals surface area contributed by atoms with Gasteiger partial charge in [-0.25, -0.2) is 4.98 Å². The van der Waals surface area contributed by atoms with Crippen molar-refractivity contribution in [1.82, 2.24) is 4.98 Å². The second-order valence-electron chi connectivity index (χ2n) is 5.10. The zero-order chi connectivity index (χ0) is 14.7. The monoisotopic (exact) mass is 347 g/mol. The molecule has 1 aromatic carbocycles. The number of piperazine rings is 1. The van der Waals surface area contributed by atoms with Crippen LogP contribution in [0.3, 0.4) is 0 Å². The van der Waals surface area contributed by atoms with Gasteiger partial charge < -0.3 is 14.9 Å². The molecule has 0 spiro atoms. The first-order valence-corrected chi connectivity index (χ1v) is 7.87. The molecule has 1 aliphatic heterocycles. The molecule has 4 nitrogen and oxygen atoms in total. The fourth-order valence-corrected chi connectivity index (χ4v) is 3.07. The van der Waals surface area contributed by atoms with E-state index < -0.39 is 0 Å². The summed E-state index contributed by atoms with van der Waals surface area (Å²) in [6.45, 7) is 3.77. The van der Waals surface area contributed by atoms with Crippen LogP contribution in [-0.2, 0) is 6.61 Å². The topological polar surface area (TPSA) is 39.6 Å². The van der Waals surface area contributed by atoms with E-state index in [0.717, 1.165) is 42.0 Å². The Morgan fingerprint density at radius 2 is 1.71 bits per heavy atom. The van der Waals surface area contributed by atoms with Gasteiger partial charge in [-0.3, -0.25) is 0 Å². The fourth-order valence-electron chi connectivity index (χ4n) is 2.69. The summed E-state index contributed by atoms with van der Waals surface area (Å²) in [5.74, 6) is 0.897. The summed E-state index contributed by atoms with van der Waals surface area (Å²) in [5, 5.41) is 9.51. The largest absolute Gasteiger partial charge is 0.392 e. The Morgan fingerprint density at radius 3 is 2.38 bits per heavy atom. The number of anilines is 2. The summed E-state index contributed by atoms with van der Waals surface area (Å²) in [5.41, 5.74) is 2.14. The van der Waals surface area contributed by atoms with Gasteiger partial charge >= 0.3 is 0 Å². The zero-order valence-corrected chi connectivity index (χ0v) is 13.3. The Labute approximate surface area is 133 Å². The number of aliphatic hydroxyl groups excluding tert-OH is 1. The Bertz CT molecular complexity index is 598. The van der Waals surface area contributed by atoms with Crippen LogP contribution in [-0.4, -0.2) is 36.3 Å². The first-order chi connectivity index (χ1) is 10.3. The summed E-state index contributed by atoms with van der Waals surface area (Å²) in [7, 11) is 0. The van der Waals surface area contributed by atoms with Gasteiger partial charge in [0.05, 0.1) is 6.61 Å². The third kappa shape index (κ3) is 3.19. The van der Waals surface area contributed by atoms with E-state index in [0.29, 0.717) is 0 Å². The maximum atomic E-state index is 9.51. The van der Waals surface area contributed by atoms with Crippen LogP contribution in [0.25, 0.3) is 0 Å². The third-order valence-corrected chi connectivity index (χ3v) is 4.21. The van der Waals surface area contributed by atoms with E-state index in [1.165, 1.54) is 5.69 Å². The lowest BCUT2D eigenvalue weighted by atomic mass is 10.2. The van der Waals surface area contributed by atoms with Crippen LogP contribution in [0.1, 0.15) is 5.56 Å². The highest BCUT2D eigenvalue weighted by Crippen LogP contribution is 2.24. The van der Waals surface area contributed by atoms with Gasteiger partial charge in [0.15, 0.2) is 0 Å². The molecule has 3 rings (SSSR count). The van der Waals surface area contributed by atoms with Crippen molar-refractivity contribution in [2.75, 3.05) is 36.0 Å². The number of benzene rings is 1.